The largest absolute Gasteiger partial charge is 0.351 e. The molecular weight excluding hydrogens is 334 g/mol. The fourth-order valence-electron chi connectivity index (χ4n) is 2.58. The molecule has 3 aromatic heterocycles. The summed E-state index contributed by atoms with van der Waals surface area (Å²) in [7, 11) is 1.82. The Kier molecular flexibility index (Phi) is 4.34. The number of carbonyl (C=O) groups is 1. The molecule has 3 aromatic rings. The van der Waals surface area contributed by atoms with Crippen LogP contribution in [-0.2, 0) is 12.5 Å². The first-order valence-corrected chi connectivity index (χ1v) is 8.79. The highest BCUT2D eigenvalue weighted by Crippen LogP contribution is 2.40. The second kappa shape index (κ2) is 6.33. The van der Waals surface area contributed by atoms with Crippen molar-refractivity contribution in [3.05, 3.63) is 47.7 Å². The number of carbonyl (C=O) groups excluding carboxylic acids is 1. The van der Waals surface area contributed by atoms with E-state index in [1.54, 1.807) is 17.1 Å². The fourth-order valence-corrected chi connectivity index (χ4v) is 3.51. The zero-order valence-electron chi connectivity index (χ0n) is 14.7. The molecule has 2 amide bonds. The molecular formula is C18H21N5OS. The molecule has 0 aliphatic rings. The minimum atomic E-state index is -0.541. The predicted molar refractivity (Wildman–Crippen MR) is 101 cm³/mol. The maximum atomic E-state index is 12.3. The van der Waals surface area contributed by atoms with E-state index in [0.717, 1.165) is 21.8 Å². The van der Waals surface area contributed by atoms with Crippen molar-refractivity contribution in [1.29, 1.82) is 0 Å². The Labute approximate surface area is 150 Å². The van der Waals surface area contributed by atoms with Gasteiger partial charge in [0.05, 0.1) is 5.69 Å². The normalized spacial score (nSPS) is 11.5. The highest BCUT2D eigenvalue weighted by atomic mass is 32.1. The molecule has 130 valence electrons. The Bertz CT molecular complexity index is 892. The number of hydrogen-bond acceptors (Lipinski definition) is 4. The lowest BCUT2D eigenvalue weighted by Crippen LogP contribution is -2.32. The SMILES string of the molecule is Cn1nc(C(C)(C)C)cc1N(C(N)=O)c1sccc1-c1ccncc1. The minimum absolute atomic E-state index is 0.122. The molecule has 0 bridgehead atoms. The van der Waals surface area contributed by atoms with Gasteiger partial charge in [-0.3, -0.25) is 9.67 Å². The fraction of sp³-hybridized carbons (Fsp3) is 0.278. The van der Waals surface area contributed by atoms with Crippen LogP contribution in [0.1, 0.15) is 26.5 Å². The van der Waals surface area contributed by atoms with Gasteiger partial charge in [0, 0.05) is 36.5 Å². The van der Waals surface area contributed by atoms with Gasteiger partial charge in [0.1, 0.15) is 10.8 Å². The third-order valence-electron chi connectivity index (χ3n) is 3.91. The van der Waals surface area contributed by atoms with Crippen molar-refractivity contribution in [3.63, 3.8) is 0 Å². The number of anilines is 2. The Morgan fingerprint density at radius 3 is 2.48 bits per heavy atom. The average molecular weight is 355 g/mol. The summed E-state index contributed by atoms with van der Waals surface area (Å²) in [4.78, 5) is 17.9. The van der Waals surface area contributed by atoms with E-state index in [2.05, 4.69) is 30.9 Å². The molecule has 0 aliphatic carbocycles. The minimum Gasteiger partial charge on any atom is -0.351 e. The van der Waals surface area contributed by atoms with Crippen LogP contribution < -0.4 is 10.6 Å². The molecule has 6 nitrogen and oxygen atoms in total. The number of urea groups is 1. The first-order valence-electron chi connectivity index (χ1n) is 7.91. The van der Waals surface area contributed by atoms with E-state index in [9.17, 15) is 4.79 Å². The molecule has 25 heavy (non-hydrogen) atoms. The van der Waals surface area contributed by atoms with E-state index < -0.39 is 6.03 Å². The van der Waals surface area contributed by atoms with Crippen molar-refractivity contribution in [2.75, 3.05) is 4.90 Å². The maximum Gasteiger partial charge on any atom is 0.325 e. The molecule has 3 rings (SSSR count). The van der Waals surface area contributed by atoms with E-state index in [4.69, 9.17) is 5.73 Å². The van der Waals surface area contributed by atoms with Crippen LogP contribution in [0.5, 0.6) is 0 Å². The van der Waals surface area contributed by atoms with Crippen molar-refractivity contribution in [3.8, 4) is 11.1 Å². The number of aromatic nitrogens is 3. The van der Waals surface area contributed by atoms with E-state index in [-0.39, 0.29) is 5.41 Å². The topological polar surface area (TPSA) is 77.0 Å². The highest BCUT2D eigenvalue weighted by molar-refractivity contribution is 7.15. The number of amides is 2. The standard InChI is InChI=1S/C18H21N5OS/c1-18(2,3)14-11-15(22(4)21-14)23(17(19)24)16-13(7-10-25-16)12-5-8-20-9-6-12/h5-11H,1-4H3,(H2,19,24). The Hall–Kier alpha value is -2.67. The summed E-state index contributed by atoms with van der Waals surface area (Å²) >= 11 is 1.46. The van der Waals surface area contributed by atoms with Crippen molar-refractivity contribution >= 4 is 28.2 Å². The van der Waals surface area contributed by atoms with E-state index in [1.807, 2.05) is 36.7 Å². The van der Waals surface area contributed by atoms with Crippen molar-refractivity contribution in [1.82, 2.24) is 14.8 Å². The molecule has 0 atom stereocenters. The van der Waals surface area contributed by atoms with Crippen LogP contribution in [-0.4, -0.2) is 20.8 Å². The number of aryl methyl sites for hydroxylation is 1. The van der Waals surface area contributed by atoms with Gasteiger partial charge in [-0.2, -0.15) is 5.10 Å². The van der Waals surface area contributed by atoms with E-state index in [1.165, 1.54) is 16.2 Å². The van der Waals surface area contributed by atoms with Gasteiger partial charge in [-0.25, -0.2) is 9.69 Å². The zero-order valence-corrected chi connectivity index (χ0v) is 15.5. The summed E-state index contributed by atoms with van der Waals surface area (Å²) in [5.74, 6) is 0.648. The summed E-state index contributed by atoms with van der Waals surface area (Å²) in [6.07, 6.45) is 3.46. The molecule has 0 spiro atoms. The molecule has 0 aliphatic heterocycles. The third kappa shape index (κ3) is 3.28. The quantitative estimate of drug-likeness (QED) is 0.770. The zero-order chi connectivity index (χ0) is 18.2. The average Bonchev–Trinajstić information content (AvgIpc) is 3.16. The van der Waals surface area contributed by atoms with Gasteiger partial charge in [0.2, 0.25) is 0 Å². The summed E-state index contributed by atoms with van der Waals surface area (Å²) in [6.45, 7) is 6.25. The maximum absolute atomic E-state index is 12.3. The van der Waals surface area contributed by atoms with Crippen LogP contribution in [0, 0.1) is 0 Å². The highest BCUT2D eigenvalue weighted by Gasteiger charge is 2.27. The third-order valence-corrected chi connectivity index (χ3v) is 4.81. The smallest absolute Gasteiger partial charge is 0.325 e. The van der Waals surface area contributed by atoms with Crippen LogP contribution in [0.4, 0.5) is 15.6 Å². The monoisotopic (exact) mass is 355 g/mol. The van der Waals surface area contributed by atoms with Gasteiger partial charge in [0.25, 0.3) is 0 Å². The summed E-state index contributed by atoms with van der Waals surface area (Å²) in [5.41, 5.74) is 8.43. The van der Waals surface area contributed by atoms with Crippen LogP contribution in [0.25, 0.3) is 11.1 Å². The van der Waals surface area contributed by atoms with Gasteiger partial charge < -0.3 is 5.73 Å². The predicted octanol–water partition coefficient (Wildman–Crippen LogP) is 4.06. The van der Waals surface area contributed by atoms with Gasteiger partial charge >= 0.3 is 6.03 Å². The second-order valence-electron chi connectivity index (χ2n) is 6.81. The molecule has 0 fully saturated rings. The molecule has 0 aromatic carbocycles. The van der Waals surface area contributed by atoms with Gasteiger partial charge in [-0.1, -0.05) is 20.8 Å². The lowest BCUT2D eigenvalue weighted by molar-refractivity contribution is 0.256. The lowest BCUT2D eigenvalue weighted by atomic mass is 9.92. The Morgan fingerprint density at radius 1 is 1.24 bits per heavy atom. The first kappa shape index (κ1) is 17.2. The second-order valence-corrected chi connectivity index (χ2v) is 7.70. The van der Waals surface area contributed by atoms with Gasteiger partial charge in [-0.05, 0) is 29.1 Å². The molecule has 0 unspecified atom stereocenters. The van der Waals surface area contributed by atoms with Crippen LogP contribution in [0.15, 0.2) is 42.0 Å². The molecule has 0 saturated carbocycles. The summed E-state index contributed by atoms with van der Waals surface area (Å²) in [5, 5.41) is 7.27. The molecule has 7 heteroatoms. The lowest BCUT2D eigenvalue weighted by Gasteiger charge is -2.20. The van der Waals surface area contributed by atoms with Crippen LogP contribution in [0.3, 0.4) is 0 Å². The molecule has 0 saturated heterocycles. The number of thiophene rings is 1. The number of hydrogen-bond donors (Lipinski definition) is 1. The number of nitrogens with two attached hydrogens (primary N) is 1. The number of pyridine rings is 1. The van der Waals surface area contributed by atoms with Crippen molar-refractivity contribution in [2.24, 2.45) is 12.8 Å². The first-order chi connectivity index (χ1) is 11.8. The number of primary amides is 1. The molecule has 0 radical (unpaired) electrons. The van der Waals surface area contributed by atoms with Crippen LogP contribution >= 0.6 is 11.3 Å². The van der Waals surface area contributed by atoms with E-state index >= 15 is 0 Å². The molecule has 2 N–H and O–H groups in total. The molecule has 3 heterocycles. The number of rotatable bonds is 3. The number of nitrogens with zero attached hydrogens (tertiary/aromatic N) is 4. The van der Waals surface area contributed by atoms with Crippen molar-refractivity contribution in [2.45, 2.75) is 26.2 Å². The summed E-state index contributed by atoms with van der Waals surface area (Å²) < 4.78 is 1.70. The van der Waals surface area contributed by atoms with Gasteiger partial charge in [0.15, 0.2) is 0 Å². The van der Waals surface area contributed by atoms with Gasteiger partial charge in [-0.15, -0.1) is 11.3 Å². The Balaban J connectivity index is 2.13. The van der Waals surface area contributed by atoms with Crippen LogP contribution in [0.2, 0.25) is 0 Å². The van der Waals surface area contributed by atoms with Crippen molar-refractivity contribution < 1.29 is 4.79 Å². The Morgan fingerprint density at radius 2 is 1.92 bits per heavy atom. The summed E-state index contributed by atoms with van der Waals surface area (Å²) in [6, 6.07) is 7.18. The van der Waals surface area contributed by atoms with E-state index in [0.29, 0.717) is 5.82 Å².